The number of furan rings is 1. The van der Waals surface area contributed by atoms with E-state index in [2.05, 4.69) is 10.5 Å². The Kier molecular flexibility index (Phi) is 3.27. The second-order valence-electron chi connectivity index (χ2n) is 4.47. The van der Waals surface area contributed by atoms with Gasteiger partial charge in [-0.15, -0.1) is 0 Å². The van der Waals surface area contributed by atoms with Crippen LogP contribution in [0.2, 0.25) is 0 Å². The molecule has 0 aliphatic heterocycles. The molecule has 0 bridgehead atoms. The van der Waals surface area contributed by atoms with Gasteiger partial charge in [-0.2, -0.15) is 0 Å². The normalized spacial score (nSPS) is 10.6. The first kappa shape index (κ1) is 13.1. The molecule has 3 aromatic rings. The molecule has 0 radical (unpaired) electrons. The standard InChI is InChI=1S/C15H11FN2O3/c1-9-4-5-10(16)7-11(9)17-15(19)12-8-14(21-18-12)13-3-2-6-20-13/h2-8H,1H3,(H,17,19). The summed E-state index contributed by atoms with van der Waals surface area (Å²) < 4.78 is 23.4. The smallest absolute Gasteiger partial charge is 0.277 e. The van der Waals surface area contributed by atoms with E-state index in [0.717, 1.165) is 5.56 Å². The van der Waals surface area contributed by atoms with Crippen LogP contribution in [0.5, 0.6) is 0 Å². The summed E-state index contributed by atoms with van der Waals surface area (Å²) in [4.78, 5) is 12.1. The van der Waals surface area contributed by atoms with Crippen LogP contribution in [-0.2, 0) is 0 Å². The Morgan fingerprint density at radius 1 is 1.24 bits per heavy atom. The number of nitrogens with zero attached hydrogens (tertiary/aromatic N) is 1. The maximum atomic E-state index is 13.2. The van der Waals surface area contributed by atoms with E-state index < -0.39 is 11.7 Å². The first-order valence-corrected chi connectivity index (χ1v) is 6.21. The molecule has 0 aliphatic rings. The number of halogens is 1. The molecule has 1 amide bonds. The van der Waals surface area contributed by atoms with Gasteiger partial charge < -0.3 is 14.3 Å². The van der Waals surface area contributed by atoms with Crippen LogP contribution in [0.4, 0.5) is 10.1 Å². The third kappa shape index (κ3) is 2.69. The summed E-state index contributed by atoms with van der Waals surface area (Å²) in [5.41, 5.74) is 1.23. The quantitative estimate of drug-likeness (QED) is 0.798. The van der Waals surface area contributed by atoms with Gasteiger partial charge in [0.05, 0.1) is 6.26 Å². The first-order chi connectivity index (χ1) is 10.1. The SMILES string of the molecule is Cc1ccc(F)cc1NC(=O)c1cc(-c2ccco2)on1. The lowest BCUT2D eigenvalue weighted by Crippen LogP contribution is -2.13. The molecule has 0 saturated carbocycles. The minimum absolute atomic E-state index is 0.0880. The Bertz CT molecular complexity index is 778. The van der Waals surface area contributed by atoms with Crippen LogP contribution in [0.1, 0.15) is 16.1 Å². The van der Waals surface area contributed by atoms with E-state index in [1.807, 2.05) is 0 Å². The van der Waals surface area contributed by atoms with Crippen molar-refractivity contribution in [1.29, 1.82) is 0 Å². The lowest BCUT2D eigenvalue weighted by molar-refractivity contribution is 0.101. The summed E-state index contributed by atoms with van der Waals surface area (Å²) in [5, 5.41) is 6.27. The van der Waals surface area contributed by atoms with Crippen LogP contribution in [-0.4, -0.2) is 11.1 Å². The van der Waals surface area contributed by atoms with Crippen LogP contribution >= 0.6 is 0 Å². The Labute approximate surface area is 119 Å². The molecule has 6 heteroatoms. The molecule has 0 spiro atoms. The van der Waals surface area contributed by atoms with Crippen molar-refractivity contribution in [2.24, 2.45) is 0 Å². The topological polar surface area (TPSA) is 68.3 Å². The summed E-state index contributed by atoms with van der Waals surface area (Å²) in [6, 6.07) is 9.02. The molecule has 0 atom stereocenters. The number of aryl methyl sites for hydroxylation is 1. The highest BCUT2D eigenvalue weighted by Crippen LogP contribution is 2.22. The molecule has 1 N–H and O–H groups in total. The Balaban J connectivity index is 1.81. The minimum atomic E-state index is -0.481. The van der Waals surface area contributed by atoms with Gasteiger partial charge in [0.2, 0.25) is 5.76 Å². The van der Waals surface area contributed by atoms with Crippen molar-refractivity contribution in [3.8, 4) is 11.5 Å². The van der Waals surface area contributed by atoms with E-state index in [1.54, 1.807) is 25.1 Å². The lowest BCUT2D eigenvalue weighted by Gasteiger charge is -2.06. The Morgan fingerprint density at radius 3 is 2.86 bits per heavy atom. The van der Waals surface area contributed by atoms with Crippen molar-refractivity contribution < 1.29 is 18.1 Å². The van der Waals surface area contributed by atoms with Crippen LogP contribution in [0.15, 0.2) is 51.6 Å². The highest BCUT2D eigenvalue weighted by molar-refractivity contribution is 6.03. The molecule has 0 fully saturated rings. The van der Waals surface area contributed by atoms with Gasteiger partial charge >= 0.3 is 0 Å². The van der Waals surface area contributed by atoms with Crippen molar-refractivity contribution in [2.75, 3.05) is 5.32 Å². The van der Waals surface area contributed by atoms with Gasteiger partial charge in [0.25, 0.3) is 5.91 Å². The van der Waals surface area contributed by atoms with E-state index in [0.29, 0.717) is 17.2 Å². The van der Waals surface area contributed by atoms with Crippen molar-refractivity contribution >= 4 is 11.6 Å². The predicted octanol–water partition coefficient (Wildman–Crippen LogP) is 3.63. The molecule has 1 aromatic carbocycles. The highest BCUT2D eigenvalue weighted by Gasteiger charge is 2.16. The number of hydrogen-bond donors (Lipinski definition) is 1. The molecular weight excluding hydrogens is 275 g/mol. The molecule has 0 unspecified atom stereocenters. The third-order valence-corrected chi connectivity index (χ3v) is 2.95. The van der Waals surface area contributed by atoms with E-state index in [-0.39, 0.29) is 5.69 Å². The summed E-state index contributed by atoms with van der Waals surface area (Å²) in [6.45, 7) is 1.77. The average molecular weight is 286 g/mol. The second kappa shape index (κ2) is 5.24. The zero-order chi connectivity index (χ0) is 14.8. The second-order valence-corrected chi connectivity index (χ2v) is 4.47. The zero-order valence-corrected chi connectivity index (χ0v) is 11.1. The molecule has 0 saturated heterocycles. The van der Waals surface area contributed by atoms with E-state index >= 15 is 0 Å². The van der Waals surface area contributed by atoms with Gasteiger partial charge in [0.1, 0.15) is 5.82 Å². The largest absolute Gasteiger partial charge is 0.461 e. The minimum Gasteiger partial charge on any atom is -0.461 e. The predicted molar refractivity (Wildman–Crippen MR) is 73.3 cm³/mol. The van der Waals surface area contributed by atoms with E-state index in [4.69, 9.17) is 8.94 Å². The van der Waals surface area contributed by atoms with E-state index in [9.17, 15) is 9.18 Å². The molecule has 106 valence electrons. The number of carbonyl (C=O) groups excluding carboxylic acids is 1. The number of aromatic nitrogens is 1. The van der Waals surface area contributed by atoms with Crippen LogP contribution < -0.4 is 5.32 Å². The third-order valence-electron chi connectivity index (χ3n) is 2.95. The Morgan fingerprint density at radius 2 is 2.10 bits per heavy atom. The number of carbonyl (C=O) groups is 1. The molecule has 5 nitrogen and oxygen atoms in total. The molecule has 21 heavy (non-hydrogen) atoms. The molecule has 3 rings (SSSR count). The summed E-state index contributed by atoms with van der Waals surface area (Å²) in [7, 11) is 0. The Hall–Kier alpha value is -2.89. The van der Waals surface area contributed by atoms with Crippen molar-refractivity contribution in [3.63, 3.8) is 0 Å². The van der Waals surface area contributed by atoms with Crippen LogP contribution in [0.25, 0.3) is 11.5 Å². The number of nitrogens with one attached hydrogen (secondary N) is 1. The summed E-state index contributed by atoms with van der Waals surface area (Å²) >= 11 is 0. The molecule has 2 aromatic heterocycles. The lowest BCUT2D eigenvalue weighted by atomic mass is 10.2. The highest BCUT2D eigenvalue weighted by atomic mass is 19.1. The van der Waals surface area contributed by atoms with Crippen LogP contribution in [0.3, 0.4) is 0 Å². The van der Waals surface area contributed by atoms with Gasteiger partial charge in [-0.3, -0.25) is 4.79 Å². The van der Waals surface area contributed by atoms with Crippen molar-refractivity contribution in [2.45, 2.75) is 6.92 Å². The number of benzene rings is 1. The van der Waals surface area contributed by atoms with Gasteiger partial charge in [-0.1, -0.05) is 11.2 Å². The van der Waals surface area contributed by atoms with Gasteiger partial charge in [0.15, 0.2) is 11.5 Å². The fourth-order valence-electron chi connectivity index (χ4n) is 1.83. The van der Waals surface area contributed by atoms with Gasteiger partial charge in [-0.25, -0.2) is 4.39 Å². The monoisotopic (exact) mass is 286 g/mol. The van der Waals surface area contributed by atoms with Gasteiger partial charge in [0, 0.05) is 11.8 Å². The van der Waals surface area contributed by atoms with Crippen molar-refractivity contribution in [3.05, 3.63) is 59.7 Å². The number of hydrogen-bond acceptors (Lipinski definition) is 4. The molecule has 0 aliphatic carbocycles. The maximum absolute atomic E-state index is 13.2. The van der Waals surface area contributed by atoms with E-state index in [1.165, 1.54) is 24.5 Å². The molecule has 2 heterocycles. The fraction of sp³-hybridized carbons (Fsp3) is 0.0667. The average Bonchev–Trinajstić information content (AvgIpc) is 3.12. The fourth-order valence-corrected chi connectivity index (χ4v) is 1.83. The number of amides is 1. The summed E-state index contributed by atoms with van der Waals surface area (Å²) in [6.07, 6.45) is 1.49. The zero-order valence-electron chi connectivity index (χ0n) is 11.1. The first-order valence-electron chi connectivity index (χ1n) is 6.21. The number of rotatable bonds is 3. The summed E-state index contributed by atoms with van der Waals surface area (Å²) in [5.74, 6) is -0.0813. The van der Waals surface area contributed by atoms with Crippen molar-refractivity contribution in [1.82, 2.24) is 5.16 Å². The van der Waals surface area contributed by atoms with Crippen LogP contribution in [0, 0.1) is 12.7 Å². The van der Waals surface area contributed by atoms with Gasteiger partial charge in [-0.05, 0) is 36.8 Å². The maximum Gasteiger partial charge on any atom is 0.277 e. The number of anilines is 1. The molecular formula is C15H11FN2O3.